The molecule has 49 heavy (non-hydrogen) atoms. The molecule has 2 aromatic rings. The van der Waals surface area contributed by atoms with Crippen molar-refractivity contribution in [1.29, 1.82) is 0 Å². The molecular weight excluding hydrogens is 608 g/mol. The van der Waals surface area contributed by atoms with Crippen molar-refractivity contribution in [2.45, 2.75) is 73.6 Å². The fourth-order valence-corrected chi connectivity index (χ4v) is 14.1. The summed E-state index contributed by atoms with van der Waals surface area (Å²) in [6.07, 6.45) is 15.0. The minimum absolute atomic E-state index is 0.0324. The average molecular weight is 651 g/mol. The summed E-state index contributed by atoms with van der Waals surface area (Å²) in [5.41, 5.74) is 8.81. The van der Waals surface area contributed by atoms with Crippen LogP contribution in [-0.4, -0.2) is 83.2 Å². The third-order valence-corrected chi connectivity index (χ3v) is 15.6. The fraction of sp³-hybridized carbons (Fsp3) is 0.476. The van der Waals surface area contributed by atoms with E-state index in [1.54, 1.807) is 0 Å². The number of hydrogen-bond donors (Lipinski definition) is 1. The summed E-state index contributed by atoms with van der Waals surface area (Å²) in [6.45, 7) is 5.06. The van der Waals surface area contributed by atoms with Gasteiger partial charge in [0.05, 0.1) is 24.6 Å². The number of para-hydroxylation sites is 2. The summed E-state index contributed by atoms with van der Waals surface area (Å²) < 4.78 is 0. The lowest BCUT2D eigenvalue weighted by Gasteiger charge is -2.57. The molecule has 2 aromatic carbocycles. The van der Waals surface area contributed by atoms with Gasteiger partial charge in [0.25, 0.3) is 5.91 Å². The third-order valence-electron chi connectivity index (χ3n) is 15.6. The van der Waals surface area contributed by atoms with Crippen molar-refractivity contribution in [3.8, 4) is 0 Å². The number of carbonyl (C=O) groups is 2. The highest BCUT2D eigenvalue weighted by molar-refractivity contribution is 6.06. The Labute approximate surface area is 287 Å². The molecular formula is C42H42N4O3. The standard InChI is InChI=1S/C42H42N4O3/c1-2-23-22-44-34(20-42-31-8-4-5-9-32(31)45-37(48)12-11-25(38(42)45)26(23)19-36(42)44)29-17-28-27-18-35-41(14-15-43(35)21-24(27)13-16-47)30-7-3-6-10-33(30)46(39(28)41)40(29)49/h2-13,17,25-27,29,34-36,38-39,47H,14-16,18-22H2,1H3/b23-2-,24-13-/t25-,26-,27-,29-,34+,35-,36-,38-,39-,41+,42+/m0/s1. The minimum Gasteiger partial charge on any atom is -0.392 e. The van der Waals surface area contributed by atoms with Crippen molar-refractivity contribution in [2.24, 2.45) is 23.7 Å². The Morgan fingerprint density at radius 2 is 1.69 bits per heavy atom. The number of allylic oxidation sites excluding steroid dienone is 1. The first kappa shape index (κ1) is 28.0. The molecule has 8 heterocycles. The first-order valence-corrected chi connectivity index (χ1v) is 18.7. The molecule has 7 heteroatoms. The second-order valence-electron chi connectivity index (χ2n) is 16.7. The SMILES string of the molecule is C/C=C1/CN2[C@@H]([C@@H]3C=C4[C@H]5C[C@@H]6N(CC[C@@]67c6ccccc6N(C3=O)[C@@H]47)C/C5=C/CO)C[C@]34c5ccccc5N5C(=O)C=C[C@H]([C@H]53)[C@H]1C[C@H]24. The van der Waals surface area contributed by atoms with E-state index in [2.05, 4.69) is 99.4 Å². The molecule has 0 radical (unpaired) electrons. The number of amides is 2. The van der Waals surface area contributed by atoms with E-state index in [4.69, 9.17) is 0 Å². The number of anilines is 2. The molecule has 6 fully saturated rings. The molecule has 1 N–H and O–H groups in total. The summed E-state index contributed by atoms with van der Waals surface area (Å²) in [4.78, 5) is 39.1. The van der Waals surface area contributed by atoms with Gasteiger partial charge in [0.15, 0.2) is 0 Å². The van der Waals surface area contributed by atoms with Gasteiger partial charge in [-0.25, -0.2) is 0 Å². The molecule has 2 spiro atoms. The molecule has 8 aliphatic heterocycles. The monoisotopic (exact) mass is 650 g/mol. The van der Waals surface area contributed by atoms with Gasteiger partial charge in [0, 0.05) is 65.3 Å². The summed E-state index contributed by atoms with van der Waals surface area (Å²) in [5, 5.41) is 10.2. The van der Waals surface area contributed by atoms with Crippen LogP contribution in [0.4, 0.5) is 11.4 Å². The van der Waals surface area contributed by atoms with E-state index in [1.807, 2.05) is 6.08 Å². The van der Waals surface area contributed by atoms with Gasteiger partial charge in [-0.1, -0.05) is 71.8 Å². The van der Waals surface area contributed by atoms with Gasteiger partial charge in [0.1, 0.15) is 0 Å². The van der Waals surface area contributed by atoms with E-state index in [0.717, 1.165) is 56.7 Å². The smallest absolute Gasteiger partial charge is 0.250 e. The van der Waals surface area contributed by atoms with Gasteiger partial charge < -0.3 is 14.9 Å². The lowest BCUT2D eigenvalue weighted by Crippen LogP contribution is -2.66. The maximum Gasteiger partial charge on any atom is 0.250 e. The predicted molar refractivity (Wildman–Crippen MR) is 187 cm³/mol. The van der Waals surface area contributed by atoms with Crippen LogP contribution in [0.15, 0.2) is 95.6 Å². The highest BCUT2D eigenvalue weighted by atomic mass is 16.2. The fourth-order valence-electron chi connectivity index (χ4n) is 14.1. The number of hydrogen-bond acceptors (Lipinski definition) is 5. The Kier molecular flexibility index (Phi) is 5.20. The number of rotatable bonds is 2. The predicted octanol–water partition coefficient (Wildman–Crippen LogP) is 4.48. The van der Waals surface area contributed by atoms with Crippen molar-refractivity contribution < 1.29 is 14.7 Å². The van der Waals surface area contributed by atoms with E-state index in [-0.39, 0.29) is 71.2 Å². The van der Waals surface area contributed by atoms with Crippen molar-refractivity contribution in [1.82, 2.24) is 9.80 Å². The number of carbonyl (C=O) groups excluding carboxylic acids is 2. The van der Waals surface area contributed by atoms with Gasteiger partial charge in [0.2, 0.25) is 5.91 Å². The molecule has 4 saturated heterocycles. The third kappa shape index (κ3) is 2.96. The first-order chi connectivity index (χ1) is 24.0. The molecule has 12 rings (SSSR count). The Morgan fingerprint density at radius 3 is 2.49 bits per heavy atom. The topological polar surface area (TPSA) is 67.3 Å². The van der Waals surface area contributed by atoms with Crippen LogP contribution in [-0.2, 0) is 20.4 Å². The molecule has 7 nitrogen and oxygen atoms in total. The van der Waals surface area contributed by atoms with E-state index in [1.165, 1.54) is 27.8 Å². The lowest BCUT2D eigenvalue weighted by atomic mass is 9.54. The number of piperidine rings is 2. The Balaban J connectivity index is 1.07. The van der Waals surface area contributed by atoms with Crippen molar-refractivity contribution >= 4 is 23.2 Å². The van der Waals surface area contributed by atoms with Crippen molar-refractivity contribution in [3.05, 3.63) is 107 Å². The Hall–Kier alpha value is -3.78. The van der Waals surface area contributed by atoms with E-state index in [9.17, 15) is 9.90 Å². The van der Waals surface area contributed by atoms with Crippen molar-refractivity contribution in [3.63, 3.8) is 0 Å². The Morgan fingerprint density at radius 1 is 0.918 bits per heavy atom. The summed E-state index contributed by atoms with van der Waals surface area (Å²) in [6, 6.07) is 18.3. The van der Waals surface area contributed by atoms with Crippen LogP contribution in [0.25, 0.3) is 0 Å². The zero-order valence-electron chi connectivity index (χ0n) is 27.9. The van der Waals surface area contributed by atoms with Crippen LogP contribution in [0, 0.1) is 23.7 Å². The van der Waals surface area contributed by atoms with Gasteiger partial charge >= 0.3 is 0 Å². The molecule has 2 amide bonds. The second kappa shape index (κ2) is 9.11. The number of nitrogens with zero attached hydrogens (tertiary/aromatic N) is 4. The molecule has 2 saturated carbocycles. The maximum atomic E-state index is 15.5. The highest BCUT2D eigenvalue weighted by Crippen LogP contribution is 2.68. The number of aliphatic hydroxyl groups excluding tert-OH is 1. The van der Waals surface area contributed by atoms with Crippen LogP contribution in [0.5, 0.6) is 0 Å². The summed E-state index contributed by atoms with van der Waals surface area (Å²) in [5.74, 6) is 1.02. The normalized spacial score (nSPS) is 44.8. The van der Waals surface area contributed by atoms with Gasteiger partial charge in [-0.15, -0.1) is 0 Å². The molecule has 10 aliphatic rings. The van der Waals surface area contributed by atoms with Crippen molar-refractivity contribution in [2.75, 3.05) is 36.0 Å². The largest absolute Gasteiger partial charge is 0.392 e. The Bertz CT molecular complexity index is 2030. The maximum absolute atomic E-state index is 15.5. The van der Waals surface area contributed by atoms with Crippen LogP contribution in [0.3, 0.4) is 0 Å². The highest BCUT2D eigenvalue weighted by Gasteiger charge is 2.73. The average Bonchev–Trinajstić information content (AvgIpc) is 3.86. The zero-order chi connectivity index (χ0) is 32.6. The molecule has 2 aliphatic carbocycles. The quantitative estimate of drug-likeness (QED) is 0.486. The first-order valence-electron chi connectivity index (χ1n) is 18.7. The van der Waals surface area contributed by atoms with E-state index in [0.29, 0.717) is 12.0 Å². The van der Waals surface area contributed by atoms with Gasteiger partial charge in [-0.2, -0.15) is 0 Å². The number of benzene rings is 2. The second-order valence-corrected chi connectivity index (χ2v) is 16.7. The number of aliphatic hydroxyl groups is 1. The van der Waals surface area contributed by atoms with E-state index >= 15 is 4.79 Å². The molecule has 4 bridgehead atoms. The lowest BCUT2D eigenvalue weighted by molar-refractivity contribution is -0.124. The molecule has 0 unspecified atom stereocenters. The molecule has 248 valence electrons. The zero-order valence-corrected chi connectivity index (χ0v) is 27.9. The van der Waals surface area contributed by atoms with Crippen LogP contribution >= 0.6 is 0 Å². The van der Waals surface area contributed by atoms with Crippen LogP contribution < -0.4 is 9.80 Å². The summed E-state index contributed by atoms with van der Waals surface area (Å²) >= 11 is 0. The molecule has 0 aromatic heterocycles. The summed E-state index contributed by atoms with van der Waals surface area (Å²) in [7, 11) is 0. The molecule has 11 atom stereocenters. The minimum atomic E-state index is -0.273. The van der Waals surface area contributed by atoms with Gasteiger partial charge in [-0.05, 0) is 80.0 Å². The van der Waals surface area contributed by atoms with Crippen LogP contribution in [0.1, 0.15) is 43.7 Å². The van der Waals surface area contributed by atoms with Crippen LogP contribution in [0.2, 0.25) is 0 Å². The van der Waals surface area contributed by atoms with Gasteiger partial charge in [-0.3, -0.25) is 19.4 Å². The number of fused-ring (bicyclic) bond motifs is 8. The van der Waals surface area contributed by atoms with E-state index < -0.39 is 0 Å².